The number of methoxy groups -OCH3 is 1. The van der Waals surface area contributed by atoms with Crippen LogP contribution in [0.15, 0.2) is 48.5 Å². The molecule has 0 spiro atoms. The van der Waals surface area contributed by atoms with E-state index < -0.39 is 17.5 Å². The van der Waals surface area contributed by atoms with Crippen LogP contribution in [0, 0.1) is 11.6 Å². The van der Waals surface area contributed by atoms with Crippen molar-refractivity contribution in [2.24, 2.45) is 0 Å². The van der Waals surface area contributed by atoms with Gasteiger partial charge in [-0.15, -0.1) is 0 Å². The van der Waals surface area contributed by atoms with Crippen LogP contribution in [-0.4, -0.2) is 24.0 Å². The van der Waals surface area contributed by atoms with Crippen molar-refractivity contribution in [1.82, 2.24) is 10.3 Å². The van der Waals surface area contributed by atoms with Gasteiger partial charge in [0.15, 0.2) is 5.82 Å². The number of aryl methyl sites for hydroxylation is 1. The second-order valence-electron chi connectivity index (χ2n) is 6.39. The smallest absolute Gasteiger partial charge is 0.270 e. The van der Waals surface area contributed by atoms with Crippen LogP contribution in [0.25, 0.3) is 10.9 Å². The third-order valence-electron chi connectivity index (χ3n) is 4.33. The zero-order valence-electron chi connectivity index (χ0n) is 15.1. The molecule has 0 radical (unpaired) electrons. The van der Waals surface area contributed by atoms with Gasteiger partial charge in [-0.2, -0.15) is 0 Å². The lowest BCUT2D eigenvalue weighted by Crippen LogP contribution is -2.33. The third-order valence-corrected chi connectivity index (χ3v) is 4.33. The first-order valence-corrected chi connectivity index (χ1v) is 8.66. The Morgan fingerprint density at radius 1 is 1.19 bits per heavy atom. The van der Waals surface area contributed by atoms with Gasteiger partial charge in [-0.1, -0.05) is 30.3 Å². The van der Waals surface area contributed by atoms with Crippen LogP contribution in [0.2, 0.25) is 0 Å². The van der Waals surface area contributed by atoms with Crippen molar-refractivity contribution < 1.29 is 18.3 Å². The van der Waals surface area contributed by atoms with E-state index in [-0.39, 0.29) is 28.4 Å². The largest absolute Gasteiger partial charge is 0.496 e. The maximum atomic E-state index is 14.1. The van der Waals surface area contributed by atoms with Crippen LogP contribution in [-0.2, 0) is 6.42 Å². The van der Waals surface area contributed by atoms with Gasteiger partial charge in [0.25, 0.3) is 5.91 Å². The normalized spacial score (nSPS) is 12.0. The molecule has 0 fully saturated rings. The summed E-state index contributed by atoms with van der Waals surface area (Å²) in [6, 6.07) is 13.1. The number of halogens is 2. The van der Waals surface area contributed by atoms with E-state index in [1.54, 1.807) is 0 Å². The first kappa shape index (κ1) is 18.8. The number of hydrogen-bond acceptors (Lipinski definition) is 3. The standard InChI is InChI=1S/C21H20F2N2O2/c1-13(8-9-14-6-4-3-5-7-14)24-21(26)18-12-19(27-2)16-10-15(22)11-17(23)20(16)25-18/h3-7,10-13H,8-9H2,1-2H3,(H,24,26). The van der Waals surface area contributed by atoms with E-state index in [1.165, 1.54) is 18.7 Å². The molecule has 0 aliphatic carbocycles. The molecule has 4 nitrogen and oxygen atoms in total. The fraction of sp³-hybridized carbons (Fsp3) is 0.238. The molecule has 0 saturated heterocycles. The minimum absolute atomic E-state index is 0.0245. The maximum absolute atomic E-state index is 14.1. The maximum Gasteiger partial charge on any atom is 0.270 e. The van der Waals surface area contributed by atoms with Gasteiger partial charge in [0.1, 0.15) is 22.8 Å². The molecule has 140 valence electrons. The summed E-state index contributed by atoms with van der Waals surface area (Å²) in [6.07, 6.45) is 1.57. The van der Waals surface area contributed by atoms with Crippen molar-refractivity contribution in [2.45, 2.75) is 25.8 Å². The highest BCUT2D eigenvalue weighted by Gasteiger charge is 2.17. The van der Waals surface area contributed by atoms with E-state index >= 15 is 0 Å². The summed E-state index contributed by atoms with van der Waals surface area (Å²) < 4.78 is 32.7. The molecule has 1 atom stereocenters. The van der Waals surface area contributed by atoms with E-state index in [2.05, 4.69) is 10.3 Å². The molecule has 6 heteroatoms. The monoisotopic (exact) mass is 370 g/mol. The van der Waals surface area contributed by atoms with Crippen LogP contribution in [0.3, 0.4) is 0 Å². The number of carbonyl (C=O) groups is 1. The molecule has 0 aliphatic heterocycles. The molecule has 1 heterocycles. The number of rotatable bonds is 6. The van der Waals surface area contributed by atoms with Crippen molar-refractivity contribution in [2.75, 3.05) is 7.11 Å². The number of hydrogen-bond donors (Lipinski definition) is 1. The number of nitrogens with zero attached hydrogens (tertiary/aromatic N) is 1. The topological polar surface area (TPSA) is 51.2 Å². The Hall–Kier alpha value is -3.02. The number of nitrogens with one attached hydrogen (secondary N) is 1. The molecule has 1 aromatic heterocycles. The Morgan fingerprint density at radius 3 is 2.63 bits per heavy atom. The van der Waals surface area contributed by atoms with E-state index in [0.717, 1.165) is 25.0 Å². The number of amides is 1. The van der Waals surface area contributed by atoms with E-state index in [0.29, 0.717) is 0 Å². The summed E-state index contributed by atoms with van der Waals surface area (Å²) in [7, 11) is 1.38. The second-order valence-corrected chi connectivity index (χ2v) is 6.39. The fourth-order valence-corrected chi connectivity index (χ4v) is 2.91. The summed E-state index contributed by atoms with van der Waals surface area (Å²) >= 11 is 0. The Labute approximate surface area is 156 Å². The van der Waals surface area contributed by atoms with E-state index in [9.17, 15) is 13.6 Å². The van der Waals surface area contributed by atoms with Crippen molar-refractivity contribution in [3.05, 3.63) is 71.4 Å². The summed E-state index contributed by atoms with van der Waals surface area (Å²) in [5.41, 5.74) is 1.11. The third kappa shape index (κ3) is 4.39. The number of fused-ring (bicyclic) bond motifs is 1. The zero-order chi connectivity index (χ0) is 19.4. The molecule has 1 amide bonds. The number of pyridine rings is 1. The van der Waals surface area contributed by atoms with E-state index in [1.807, 2.05) is 37.3 Å². The quantitative estimate of drug-likeness (QED) is 0.705. The predicted molar refractivity (Wildman–Crippen MR) is 99.9 cm³/mol. The molecule has 1 N–H and O–H groups in total. The molecule has 0 saturated carbocycles. The molecule has 0 aliphatic rings. The predicted octanol–water partition coefficient (Wildman–Crippen LogP) is 4.27. The van der Waals surface area contributed by atoms with E-state index in [4.69, 9.17) is 4.74 Å². The molecule has 27 heavy (non-hydrogen) atoms. The van der Waals surface area contributed by atoms with Crippen LogP contribution in [0.5, 0.6) is 5.75 Å². The average molecular weight is 370 g/mol. The van der Waals surface area contributed by atoms with Crippen molar-refractivity contribution in [3.8, 4) is 5.75 Å². The molecular formula is C21H20F2N2O2. The summed E-state index contributed by atoms with van der Waals surface area (Å²) in [6.45, 7) is 1.90. The van der Waals surface area contributed by atoms with Crippen molar-refractivity contribution in [3.63, 3.8) is 0 Å². The molecule has 3 aromatic rings. The molecule has 0 bridgehead atoms. The van der Waals surface area contributed by atoms with Crippen LogP contribution in [0.1, 0.15) is 29.4 Å². The van der Waals surface area contributed by atoms with Gasteiger partial charge in [-0.25, -0.2) is 13.8 Å². The Morgan fingerprint density at radius 2 is 1.93 bits per heavy atom. The molecular weight excluding hydrogens is 350 g/mol. The van der Waals surface area contributed by atoms with Crippen LogP contribution >= 0.6 is 0 Å². The van der Waals surface area contributed by atoms with Gasteiger partial charge in [0.05, 0.1) is 7.11 Å². The molecule has 2 aromatic carbocycles. The first-order chi connectivity index (χ1) is 13.0. The summed E-state index contributed by atoms with van der Waals surface area (Å²) in [5, 5.41) is 3.04. The van der Waals surface area contributed by atoms with Crippen molar-refractivity contribution >= 4 is 16.8 Å². The minimum Gasteiger partial charge on any atom is -0.496 e. The lowest BCUT2D eigenvalue weighted by atomic mass is 10.1. The lowest BCUT2D eigenvalue weighted by molar-refractivity contribution is 0.0933. The van der Waals surface area contributed by atoms with Crippen molar-refractivity contribution in [1.29, 1.82) is 0 Å². The Kier molecular flexibility index (Phi) is 5.64. The SMILES string of the molecule is COc1cc(C(=O)NC(C)CCc2ccccc2)nc2c(F)cc(F)cc12. The molecule has 3 rings (SSSR count). The second kappa shape index (κ2) is 8.12. The summed E-state index contributed by atoms with van der Waals surface area (Å²) in [4.78, 5) is 16.6. The zero-order valence-corrected chi connectivity index (χ0v) is 15.1. The first-order valence-electron chi connectivity index (χ1n) is 8.66. The molecule has 1 unspecified atom stereocenters. The highest BCUT2D eigenvalue weighted by molar-refractivity contribution is 5.97. The average Bonchev–Trinajstić information content (AvgIpc) is 2.66. The van der Waals surface area contributed by atoms with Gasteiger partial charge < -0.3 is 10.1 Å². The number of carbonyl (C=O) groups excluding carboxylic acids is 1. The minimum atomic E-state index is -0.838. The number of ether oxygens (including phenoxy) is 1. The van der Waals surface area contributed by atoms with Gasteiger partial charge in [0, 0.05) is 23.6 Å². The fourth-order valence-electron chi connectivity index (χ4n) is 2.91. The Balaban J connectivity index is 1.77. The van der Waals surface area contributed by atoms with Gasteiger partial charge >= 0.3 is 0 Å². The van der Waals surface area contributed by atoms with Crippen LogP contribution in [0.4, 0.5) is 8.78 Å². The highest BCUT2D eigenvalue weighted by atomic mass is 19.1. The lowest BCUT2D eigenvalue weighted by Gasteiger charge is -2.15. The number of benzene rings is 2. The van der Waals surface area contributed by atoms with Crippen LogP contribution < -0.4 is 10.1 Å². The van der Waals surface area contributed by atoms with Gasteiger partial charge in [-0.3, -0.25) is 4.79 Å². The highest BCUT2D eigenvalue weighted by Crippen LogP contribution is 2.28. The number of aromatic nitrogens is 1. The summed E-state index contributed by atoms with van der Waals surface area (Å²) in [5.74, 6) is -1.80. The Bertz CT molecular complexity index is 961. The van der Waals surface area contributed by atoms with Gasteiger partial charge in [-0.05, 0) is 31.4 Å². The van der Waals surface area contributed by atoms with Gasteiger partial charge in [0.2, 0.25) is 0 Å².